The van der Waals surface area contributed by atoms with Crippen molar-refractivity contribution in [2.75, 3.05) is 0 Å². The molecule has 0 bridgehead atoms. The summed E-state index contributed by atoms with van der Waals surface area (Å²) in [4.78, 5) is 0. The molecular formula is C37H44. The Hall–Kier alpha value is -2.86. The van der Waals surface area contributed by atoms with Crippen molar-refractivity contribution >= 4 is 5.57 Å². The van der Waals surface area contributed by atoms with Crippen LogP contribution in [-0.4, -0.2) is 0 Å². The average Bonchev–Trinajstić information content (AvgIpc) is 2.78. The van der Waals surface area contributed by atoms with Gasteiger partial charge in [0, 0.05) is 5.41 Å². The van der Waals surface area contributed by atoms with Crippen LogP contribution in [0.25, 0.3) is 16.7 Å². The van der Waals surface area contributed by atoms with Gasteiger partial charge >= 0.3 is 0 Å². The van der Waals surface area contributed by atoms with Gasteiger partial charge in [0.1, 0.15) is 0 Å². The quantitative estimate of drug-likeness (QED) is 0.394. The Labute approximate surface area is 225 Å². The summed E-state index contributed by atoms with van der Waals surface area (Å²) in [5, 5.41) is 0. The Balaban J connectivity index is 1.77. The van der Waals surface area contributed by atoms with Gasteiger partial charge in [-0.25, -0.2) is 0 Å². The van der Waals surface area contributed by atoms with Gasteiger partial charge in [-0.2, -0.15) is 0 Å². The van der Waals surface area contributed by atoms with Gasteiger partial charge in [-0.15, -0.1) is 0 Å². The van der Waals surface area contributed by atoms with E-state index in [-0.39, 0.29) is 16.2 Å². The fourth-order valence-corrected chi connectivity index (χ4v) is 8.72. The van der Waals surface area contributed by atoms with E-state index in [9.17, 15) is 0 Å². The maximum atomic E-state index is 4.83. The molecule has 3 aliphatic rings. The van der Waals surface area contributed by atoms with Crippen molar-refractivity contribution in [1.82, 2.24) is 0 Å². The molecule has 0 heteroatoms. The summed E-state index contributed by atoms with van der Waals surface area (Å²) < 4.78 is 0. The van der Waals surface area contributed by atoms with Crippen LogP contribution in [0.2, 0.25) is 0 Å². The largest absolute Gasteiger partial charge is 0.0955 e. The standard InChI is InChI=1S/C37H44/c1-21(2)32-25(6)18-36(11)20-35(10)19-31-30(29-15-13-22(3)24(5)17-29)16-14-23(4)33(31)26(7)34(35)28(9)37(36,12)27(32)8/h13-17H,1,7-8,18-20H2,2-6,9-12H3/t35-,36+,37-/m1/s1. The first kappa shape index (κ1) is 25.8. The highest BCUT2D eigenvalue weighted by Crippen LogP contribution is 2.70. The summed E-state index contributed by atoms with van der Waals surface area (Å²) in [6.45, 7) is 34.9. The summed E-state index contributed by atoms with van der Waals surface area (Å²) in [6, 6.07) is 11.6. The molecule has 0 unspecified atom stereocenters. The smallest absolute Gasteiger partial charge is 0.0194 e. The Bertz CT molecular complexity index is 1480. The minimum Gasteiger partial charge on any atom is -0.0955 e. The lowest BCUT2D eigenvalue weighted by Crippen LogP contribution is -2.52. The van der Waals surface area contributed by atoms with Crippen molar-refractivity contribution in [2.24, 2.45) is 16.2 Å². The van der Waals surface area contributed by atoms with Crippen LogP contribution in [0, 0.1) is 37.0 Å². The van der Waals surface area contributed by atoms with Crippen LogP contribution >= 0.6 is 0 Å². The maximum Gasteiger partial charge on any atom is 0.0194 e. The normalized spacial score (nSPS) is 29.2. The molecule has 0 aromatic heterocycles. The first-order chi connectivity index (χ1) is 17.2. The zero-order valence-electron chi connectivity index (χ0n) is 24.6. The van der Waals surface area contributed by atoms with Gasteiger partial charge in [-0.3, -0.25) is 0 Å². The molecule has 2 aromatic carbocycles. The minimum atomic E-state index is -0.115. The predicted molar refractivity (Wildman–Crippen MR) is 162 cm³/mol. The van der Waals surface area contributed by atoms with Crippen molar-refractivity contribution in [3.63, 3.8) is 0 Å². The van der Waals surface area contributed by atoms with E-state index >= 15 is 0 Å². The highest BCUT2D eigenvalue weighted by atomic mass is 14.6. The summed E-state index contributed by atoms with van der Waals surface area (Å²) in [5.41, 5.74) is 18.9. The highest BCUT2D eigenvalue weighted by molar-refractivity contribution is 5.90. The molecule has 0 fully saturated rings. The van der Waals surface area contributed by atoms with Gasteiger partial charge in [0.05, 0.1) is 0 Å². The van der Waals surface area contributed by atoms with Crippen molar-refractivity contribution in [3.05, 3.63) is 111 Å². The van der Waals surface area contributed by atoms with E-state index in [0.29, 0.717) is 0 Å². The molecule has 2 aromatic rings. The van der Waals surface area contributed by atoms with Gasteiger partial charge in [0.25, 0.3) is 0 Å². The van der Waals surface area contributed by atoms with E-state index in [1.165, 1.54) is 72.4 Å². The second-order valence-corrected chi connectivity index (χ2v) is 13.3. The number of hydrogen-bond donors (Lipinski definition) is 0. The molecule has 5 rings (SSSR count). The minimum absolute atomic E-state index is 0.0337. The van der Waals surface area contributed by atoms with Gasteiger partial charge in [-0.05, 0) is 133 Å². The molecule has 0 nitrogen and oxygen atoms in total. The Morgan fingerprint density at radius 3 is 2.11 bits per heavy atom. The Kier molecular flexibility index (Phi) is 5.62. The lowest BCUT2D eigenvalue weighted by atomic mass is 9.41. The number of allylic oxidation sites excluding steroid dienone is 7. The fraction of sp³-hybridized carbons (Fsp3) is 0.405. The maximum absolute atomic E-state index is 4.83. The first-order valence-corrected chi connectivity index (χ1v) is 13.8. The lowest BCUT2D eigenvalue weighted by molar-refractivity contribution is 0.0544. The summed E-state index contributed by atoms with van der Waals surface area (Å²) >= 11 is 0. The lowest BCUT2D eigenvalue weighted by Gasteiger charge is -2.62. The molecule has 3 atom stereocenters. The molecule has 0 aliphatic heterocycles. The Morgan fingerprint density at radius 1 is 0.838 bits per heavy atom. The van der Waals surface area contributed by atoms with Gasteiger partial charge in [0.2, 0.25) is 0 Å². The molecule has 0 amide bonds. The number of benzene rings is 2. The fourth-order valence-electron chi connectivity index (χ4n) is 8.72. The molecule has 192 valence electrons. The van der Waals surface area contributed by atoms with Crippen LogP contribution in [0.5, 0.6) is 0 Å². The zero-order chi connectivity index (χ0) is 27.2. The first-order valence-electron chi connectivity index (χ1n) is 13.8. The molecule has 3 aliphatic carbocycles. The van der Waals surface area contributed by atoms with E-state index in [0.717, 1.165) is 24.8 Å². The van der Waals surface area contributed by atoms with Crippen LogP contribution in [-0.2, 0) is 6.42 Å². The van der Waals surface area contributed by atoms with E-state index in [1.54, 1.807) is 0 Å². The highest BCUT2D eigenvalue weighted by Gasteiger charge is 2.59. The van der Waals surface area contributed by atoms with Crippen molar-refractivity contribution in [2.45, 2.75) is 81.6 Å². The Morgan fingerprint density at radius 2 is 1.49 bits per heavy atom. The number of aryl methyl sites for hydroxylation is 3. The monoisotopic (exact) mass is 488 g/mol. The van der Waals surface area contributed by atoms with Crippen molar-refractivity contribution < 1.29 is 0 Å². The molecule has 37 heavy (non-hydrogen) atoms. The topological polar surface area (TPSA) is 0 Å². The molecule has 0 saturated carbocycles. The van der Waals surface area contributed by atoms with Gasteiger partial charge < -0.3 is 0 Å². The zero-order valence-corrected chi connectivity index (χ0v) is 24.6. The molecular weight excluding hydrogens is 444 g/mol. The third kappa shape index (κ3) is 3.34. The average molecular weight is 489 g/mol. The number of rotatable bonds is 2. The van der Waals surface area contributed by atoms with Crippen molar-refractivity contribution in [3.8, 4) is 11.1 Å². The second-order valence-electron chi connectivity index (χ2n) is 13.3. The van der Waals surface area contributed by atoms with Crippen LogP contribution in [0.3, 0.4) is 0 Å². The SMILES string of the molecule is C=C(C)C1=C(C)C[C@@]2(C)C[C@@]3(C)Cc4c(-c5ccc(C)c(C)c5)ccc(C)c4C(=C)C3=C(C)[C@@]2(C)C1=C. The molecule has 0 saturated heterocycles. The van der Waals surface area contributed by atoms with E-state index in [1.807, 2.05) is 0 Å². The molecule has 0 N–H and O–H groups in total. The van der Waals surface area contributed by atoms with Crippen molar-refractivity contribution in [1.29, 1.82) is 0 Å². The van der Waals surface area contributed by atoms with E-state index < -0.39 is 0 Å². The third-order valence-electron chi connectivity index (χ3n) is 10.6. The van der Waals surface area contributed by atoms with Crippen LogP contribution in [0.4, 0.5) is 0 Å². The molecule has 0 heterocycles. The second kappa shape index (κ2) is 8.07. The van der Waals surface area contributed by atoms with E-state index in [2.05, 4.69) is 99.2 Å². The molecule has 0 spiro atoms. The van der Waals surface area contributed by atoms with Crippen LogP contribution in [0.15, 0.2) is 83.5 Å². The summed E-state index contributed by atoms with van der Waals surface area (Å²) in [7, 11) is 0. The van der Waals surface area contributed by atoms with Gasteiger partial charge in [-0.1, -0.05) is 87.6 Å². The molecule has 0 radical (unpaired) electrons. The number of hydrogen-bond acceptors (Lipinski definition) is 0. The van der Waals surface area contributed by atoms with Crippen LogP contribution < -0.4 is 0 Å². The summed E-state index contributed by atoms with van der Waals surface area (Å²) in [5.74, 6) is 0. The van der Waals surface area contributed by atoms with Crippen LogP contribution in [0.1, 0.15) is 82.2 Å². The summed E-state index contributed by atoms with van der Waals surface area (Å²) in [6.07, 6.45) is 3.26. The van der Waals surface area contributed by atoms with Gasteiger partial charge in [0.15, 0.2) is 0 Å². The number of fused-ring (bicyclic) bond motifs is 3. The predicted octanol–water partition coefficient (Wildman–Crippen LogP) is 10.4. The third-order valence-corrected chi connectivity index (χ3v) is 10.6. The van der Waals surface area contributed by atoms with E-state index in [4.69, 9.17) is 13.2 Å².